The average Bonchev–Trinajstić information content (AvgIpc) is 1.91. The maximum Gasteiger partial charge on any atom is 0.347 e. The second-order valence-electron chi connectivity index (χ2n) is 1.47. The first-order valence-corrected chi connectivity index (χ1v) is 2.79. The molecule has 55 valence electrons. The third-order valence-electron chi connectivity index (χ3n) is 0.819. The molecule has 10 heavy (non-hydrogen) atoms. The summed E-state index contributed by atoms with van der Waals surface area (Å²) in [4.78, 5) is 10.7. The van der Waals surface area contributed by atoms with Crippen LogP contribution in [0, 0.1) is 19.5 Å². The molecule has 1 atom stereocenters. The molecule has 0 N–H and O–H groups in total. The summed E-state index contributed by atoms with van der Waals surface area (Å²) in [5, 5.41) is 0. The molecule has 0 aromatic heterocycles. The molecule has 0 aliphatic carbocycles. The van der Waals surface area contributed by atoms with Gasteiger partial charge in [-0.1, -0.05) is 5.92 Å². The van der Waals surface area contributed by atoms with Crippen molar-refractivity contribution in [3.8, 4) is 12.3 Å². The van der Waals surface area contributed by atoms with Crippen molar-refractivity contribution in [3.63, 3.8) is 0 Å². The van der Waals surface area contributed by atoms with Gasteiger partial charge in [0, 0.05) is 0 Å². The zero-order valence-corrected chi connectivity index (χ0v) is 5.79. The van der Waals surface area contributed by atoms with Crippen molar-refractivity contribution in [1.82, 2.24) is 0 Å². The van der Waals surface area contributed by atoms with E-state index in [0.717, 1.165) is 0 Å². The molecule has 0 rings (SSSR count). The molecule has 0 aromatic rings. The molecule has 0 bridgehead atoms. The summed E-state index contributed by atoms with van der Waals surface area (Å²) in [5.74, 6) is 1.51. The lowest BCUT2D eigenvalue weighted by Gasteiger charge is -2.05. The molecule has 0 aromatic carbocycles. The lowest BCUT2D eigenvalue weighted by atomic mass is 10.4. The van der Waals surface area contributed by atoms with Crippen LogP contribution >= 0.6 is 0 Å². The van der Waals surface area contributed by atoms with E-state index in [1.807, 2.05) is 0 Å². The summed E-state index contributed by atoms with van der Waals surface area (Å²) in [6.45, 7) is 1.98. The quantitative estimate of drug-likeness (QED) is 0.420. The molecule has 0 aliphatic rings. The summed E-state index contributed by atoms with van der Waals surface area (Å²) in [5.41, 5.74) is 0. The molecule has 3 nitrogen and oxygen atoms in total. The van der Waals surface area contributed by atoms with E-state index in [4.69, 9.17) is 6.42 Å². The van der Waals surface area contributed by atoms with Crippen LogP contribution in [0.25, 0.3) is 0 Å². The van der Waals surface area contributed by atoms with Gasteiger partial charge in [0.2, 0.25) is 6.10 Å². The van der Waals surface area contributed by atoms with Crippen molar-refractivity contribution in [2.24, 2.45) is 0 Å². The summed E-state index contributed by atoms with van der Waals surface area (Å²) < 4.78 is 8.89. The molecular weight excluding hydrogens is 132 g/mol. The Morgan fingerprint density at radius 3 is 2.80 bits per heavy atom. The Labute approximate surface area is 60.3 Å². The van der Waals surface area contributed by atoms with Gasteiger partial charge in [0.05, 0.1) is 13.7 Å². The van der Waals surface area contributed by atoms with Crippen molar-refractivity contribution in [1.29, 1.82) is 0 Å². The molecule has 1 radical (unpaired) electrons. The van der Waals surface area contributed by atoms with Crippen LogP contribution in [0.5, 0.6) is 0 Å². The van der Waals surface area contributed by atoms with Gasteiger partial charge in [0.1, 0.15) is 0 Å². The van der Waals surface area contributed by atoms with Crippen LogP contribution in [0.2, 0.25) is 0 Å². The zero-order valence-electron chi connectivity index (χ0n) is 5.79. The highest BCUT2D eigenvalue weighted by Gasteiger charge is 2.14. The van der Waals surface area contributed by atoms with Crippen molar-refractivity contribution in [2.45, 2.75) is 13.0 Å². The molecule has 1 unspecified atom stereocenters. The first-order valence-electron chi connectivity index (χ1n) is 2.79. The van der Waals surface area contributed by atoms with Gasteiger partial charge < -0.3 is 9.47 Å². The second kappa shape index (κ2) is 4.83. The Balaban J connectivity index is 3.80. The first kappa shape index (κ1) is 8.99. The van der Waals surface area contributed by atoms with Crippen molar-refractivity contribution in [2.75, 3.05) is 6.61 Å². The third kappa shape index (κ3) is 2.51. The summed E-state index contributed by atoms with van der Waals surface area (Å²) in [6, 6.07) is 0. The summed E-state index contributed by atoms with van der Waals surface area (Å²) in [6.07, 6.45) is 3.93. The van der Waals surface area contributed by atoms with Crippen molar-refractivity contribution >= 4 is 5.97 Å². The van der Waals surface area contributed by atoms with Gasteiger partial charge in [0.15, 0.2) is 0 Å². The predicted molar refractivity (Wildman–Crippen MR) is 35.7 cm³/mol. The van der Waals surface area contributed by atoms with Gasteiger partial charge in [-0.2, -0.15) is 0 Å². The Hall–Kier alpha value is -1.01. The summed E-state index contributed by atoms with van der Waals surface area (Å²) >= 11 is 0. The minimum atomic E-state index is -0.972. The number of carbonyl (C=O) groups excluding carboxylic acids is 1. The van der Waals surface area contributed by atoms with Crippen LogP contribution in [0.4, 0.5) is 0 Å². The Bertz CT molecular complexity index is 145. The van der Waals surface area contributed by atoms with E-state index in [1.165, 1.54) is 0 Å². The number of hydrogen-bond acceptors (Lipinski definition) is 3. The van der Waals surface area contributed by atoms with Crippen LogP contribution in [0.1, 0.15) is 6.92 Å². The van der Waals surface area contributed by atoms with Gasteiger partial charge >= 0.3 is 5.97 Å². The molecule has 0 fully saturated rings. The topological polar surface area (TPSA) is 35.5 Å². The minimum absolute atomic E-state index is 0.292. The van der Waals surface area contributed by atoms with Gasteiger partial charge in [-0.25, -0.2) is 4.79 Å². The first-order chi connectivity index (χ1) is 4.76. The van der Waals surface area contributed by atoms with Gasteiger partial charge in [-0.15, -0.1) is 6.42 Å². The summed E-state index contributed by atoms with van der Waals surface area (Å²) in [7, 11) is 3.02. The normalized spacial score (nSPS) is 11.7. The number of rotatable bonds is 3. The molecular formula is C7H9O3. The molecule has 0 spiro atoms. The van der Waals surface area contributed by atoms with Gasteiger partial charge in [-0.3, -0.25) is 0 Å². The van der Waals surface area contributed by atoms with Crippen molar-refractivity contribution in [3.05, 3.63) is 7.11 Å². The molecule has 0 aliphatic heterocycles. The predicted octanol–water partition coefficient (Wildman–Crippen LogP) is 0.359. The molecule has 0 amide bonds. The van der Waals surface area contributed by atoms with Crippen molar-refractivity contribution < 1.29 is 14.3 Å². The number of terminal acetylenes is 1. The van der Waals surface area contributed by atoms with Crippen LogP contribution in [0.3, 0.4) is 0 Å². The van der Waals surface area contributed by atoms with E-state index in [-0.39, 0.29) is 0 Å². The maximum absolute atomic E-state index is 10.7. The minimum Gasteiger partial charge on any atom is -0.463 e. The fourth-order valence-corrected chi connectivity index (χ4v) is 0.402. The zero-order chi connectivity index (χ0) is 7.98. The standard InChI is InChI=1S/C7H9O3/c1-4-6(9-3)7(8)10-5-2/h1,6H,3,5H2,2H3. The molecule has 0 heterocycles. The van der Waals surface area contributed by atoms with E-state index in [1.54, 1.807) is 6.92 Å². The fourth-order valence-electron chi connectivity index (χ4n) is 0.402. The molecule has 3 heteroatoms. The molecule has 0 saturated carbocycles. The van der Waals surface area contributed by atoms with Gasteiger partial charge in [0.25, 0.3) is 0 Å². The fraction of sp³-hybridized carbons (Fsp3) is 0.429. The highest BCUT2D eigenvalue weighted by Crippen LogP contribution is 1.91. The Kier molecular flexibility index (Phi) is 4.34. The van der Waals surface area contributed by atoms with E-state index in [2.05, 4.69) is 22.5 Å². The van der Waals surface area contributed by atoms with E-state index >= 15 is 0 Å². The van der Waals surface area contributed by atoms with Crippen LogP contribution in [-0.4, -0.2) is 18.7 Å². The van der Waals surface area contributed by atoms with E-state index in [0.29, 0.717) is 6.61 Å². The largest absolute Gasteiger partial charge is 0.463 e. The number of hydrogen-bond donors (Lipinski definition) is 0. The Morgan fingerprint density at radius 2 is 2.50 bits per heavy atom. The smallest absolute Gasteiger partial charge is 0.347 e. The second-order valence-corrected chi connectivity index (χ2v) is 1.47. The number of carbonyl (C=O) groups is 1. The number of ether oxygens (including phenoxy) is 2. The van der Waals surface area contributed by atoms with Crippen LogP contribution in [-0.2, 0) is 14.3 Å². The van der Waals surface area contributed by atoms with Crippen LogP contribution in [0.15, 0.2) is 0 Å². The lowest BCUT2D eigenvalue weighted by molar-refractivity contribution is -0.150. The van der Waals surface area contributed by atoms with E-state index < -0.39 is 12.1 Å². The highest BCUT2D eigenvalue weighted by molar-refractivity contribution is 5.78. The average molecular weight is 141 g/mol. The highest BCUT2D eigenvalue weighted by atomic mass is 16.6. The van der Waals surface area contributed by atoms with E-state index in [9.17, 15) is 4.79 Å². The lowest BCUT2D eigenvalue weighted by Crippen LogP contribution is -2.22. The molecule has 0 saturated heterocycles. The SMILES string of the molecule is C#CC(O[CH2])C(=O)OCC. The van der Waals surface area contributed by atoms with Gasteiger partial charge in [-0.05, 0) is 6.92 Å². The van der Waals surface area contributed by atoms with Crippen LogP contribution < -0.4 is 0 Å². The maximum atomic E-state index is 10.7. The Morgan fingerprint density at radius 1 is 1.90 bits per heavy atom. The number of esters is 1. The monoisotopic (exact) mass is 141 g/mol. The third-order valence-corrected chi connectivity index (χ3v) is 0.819.